The van der Waals surface area contributed by atoms with Crippen LogP contribution in [0, 0.1) is 24.4 Å². The minimum Gasteiger partial charge on any atom is -0.439 e. The summed E-state index contributed by atoms with van der Waals surface area (Å²) < 4.78 is 85.5. The van der Waals surface area contributed by atoms with Crippen LogP contribution in [-0.4, -0.2) is 63.6 Å². The van der Waals surface area contributed by atoms with Crippen molar-refractivity contribution in [1.82, 2.24) is 19.4 Å². The molecule has 4 heterocycles. The highest BCUT2D eigenvalue weighted by molar-refractivity contribution is 6.04. The van der Waals surface area contributed by atoms with Crippen molar-refractivity contribution in [3.63, 3.8) is 0 Å². The molecule has 1 N–H and O–H groups in total. The molecule has 0 atom stereocenters. The number of carbonyl (C=O) groups is 2. The van der Waals surface area contributed by atoms with Gasteiger partial charge in [-0.15, -0.1) is 8.78 Å². The molecule has 10 nitrogen and oxygen atoms in total. The Kier molecular flexibility index (Phi) is 8.30. The number of benzene rings is 3. The van der Waals surface area contributed by atoms with E-state index < -0.39 is 40.8 Å². The standard InChI is InChI=1S/C35H28F5N5O5/c1-19-25(36)16-24(32(38)31(19)37)33(46)42-22-4-8-30(41-17-22)48-23-5-6-26-21(14-23)15-27(43(26)2)34(47)45-11-9-44(10-12-45)18-20-3-7-28-29(13-20)50-35(39,40)49-28/h3-8,13-17H,9-12,18H2,1-2H3,(H,42,46). The van der Waals surface area contributed by atoms with E-state index in [9.17, 15) is 31.5 Å². The van der Waals surface area contributed by atoms with Crippen molar-refractivity contribution in [2.24, 2.45) is 7.05 Å². The third-order valence-electron chi connectivity index (χ3n) is 8.61. The van der Waals surface area contributed by atoms with Crippen LogP contribution in [0.4, 0.5) is 27.6 Å². The summed E-state index contributed by atoms with van der Waals surface area (Å²) in [5.41, 5.74) is 0.926. The van der Waals surface area contributed by atoms with Crippen LogP contribution in [0.15, 0.2) is 66.9 Å². The number of ether oxygens (including phenoxy) is 3. The molecule has 3 aromatic carbocycles. The number of aromatic nitrogens is 2. The van der Waals surface area contributed by atoms with E-state index in [2.05, 4.69) is 24.7 Å². The maximum absolute atomic E-state index is 14.2. The number of amides is 2. The summed E-state index contributed by atoms with van der Waals surface area (Å²) in [7, 11) is 1.80. The summed E-state index contributed by atoms with van der Waals surface area (Å²) in [4.78, 5) is 34.0. The predicted octanol–water partition coefficient (Wildman–Crippen LogP) is 6.62. The zero-order valence-electron chi connectivity index (χ0n) is 26.6. The van der Waals surface area contributed by atoms with Gasteiger partial charge in [0.2, 0.25) is 5.88 Å². The van der Waals surface area contributed by atoms with Crippen molar-refractivity contribution >= 4 is 28.4 Å². The Morgan fingerprint density at radius 3 is 2.42 bits per heavy atom. The molecule has 5 aromatic rings. The van der Waals surface area contributed by atoms with Gasteiger partial charge >= 0.3 is 6.29 Å². The molecule has 258 valence electrons. The summed E-state index contributed by atoms with van der Waals surface area (Å²) in [6, 6.07) is 15.3. The van der Waals surface area contributed by atoms with Crippen LogP contribution in [-0.2, 0) is 13.6 Å². The number of anilines is 1. The number of halogens is 5. The topological polar surface area (TPSA) is 98.2 Å². The van der Waals surface area contributed by atoms with E-state index in [0.29, 0.717) is 50.2 Å². The number of rotatable bonds is 7. The summed E-state index contributed by atoms with van der Waals surface area (Å²) in [5, 5.41) is 3.11. The highest BCUT2D eigenvalue weighted by Crippen LogP contribution is 2.41. The first-order chi connectivity index (χ1) is 23.8. The Bertz CT molecular complexity index is 2150. The Morgan fingerprint density at radius 1 is 0.920 bits per heavy atom. The van der Waals surface area contributed by atoms with Crippen molar-refractivity contribution in [1.29, 1.82) is 0 Å². The second-order valence-electron chi connectivity index (χ2n) is 11.9. The van der Waals surface area contributed by atoms with Crippen LogP contribution >= 0.6 is 0 Å². The summed E-state index contributed by atoms with van der Waals surface area (Å²) in [5.74, 6) is -4.51. The van der Waals surface area contributed by atoms with Crippen molar-refractivity contribution in [3.8, 4) is 23.1 Å². The first-order valence-electron chi connectivity index (χ1n) is 15.4. The SMILES string of the molecule is Cc1c(F)cc(C(=O)Nc2ccc(Oc3ccc4c(c3)cc(C(=O)N3CCN(Cc5ccc6c(c5)OC(F)(F)O6)CC3)n4C)nc2)c(F)c1F. The van der Waals surface area contributed by atoms with Gasteiger partial charge in [0.25, 0.3) is 11.8 Å². The third-order valence-corrected chi connectivity index (χ3v) is 8.61. The first-order valence-corrected chi connectivity index (χ1v) is 15.4. The van der Waals surface area contributed by atoms with Crippen LogP contribution in [0.5, 0.6) is 23.1 Å². The lowest BCUT2D eigenvalue weighted by Gasteiger charge is -2.34. The maximum atomic E-state index is 14.2. The predicted molar refractivity (Wildman–Crippen MR) is 170 cm³/mol. The van der Waals surface area contributed by atoms with Crippen LogP contribution in [0.2, 0.25) is 0 Å². The molecular formula is C35H28F5N5O5. The average molecular weight is 694 g/mol. The van der Waals surface area contributed by atoms with Gasteiger partial charge in [-0.2, -0.15) is 0 Å². The molecule has 0 radical (unpaired) electrons. The van der Waals surface area contributed by atoms with Gasteiger partial charge in [-0.05, 0) is 61.0 Å². The third kappa shape index (κ3) is 6.39. The highest BCUT2D eigenvalue weighted by Gasteiger charge is 2.43. The number of nitrogens with zero attached hydrogens (tertiary/aromatic N) is 4. The summed E-state index contributed by atoms with van der Waals surface area (Å²) in [6.07, 6.45) is -2.42. The number of piperazine rings is 1. The fraction of sp³-hybridized carbons (Fsp3) is 0.229. The lowest BCUT2D eigenvalue weighted by atomic mass is 10.1. The monoisotopic (exact) mass is 693 g/mol. The molecule has 2 aromatic heterocycles. The molecule has 15 heteroatoms. The molecule has 2 aliphatic heterocycles. The lowest BCUT2D eigenvalue weighted by molar-refractivity contribution is -0.286. The quantitative estimate of drug-likeness (QED) is 0.151. The van der Waals surface area contributed by atoms with E-state index in [4.69, 9.17) is 4.74 Å². The fourth-order valence-electron chi connectivity index (χ4n) is 5.90. The maximum Gasteiger partial charge on any atom is 0.586 e. The van der Waals surface area contributed by atoms with E-state index in [1.54, 1.807) is 40.8 Å². The highest BCUT2D eigenvalue weighted by atomic mass is 19.3. The van der Waals surface area contributed by atoms with E-state index in [-0.39, 0.29) is 29.0 Å². The van der Waals surface area contributed by atoms with E-state index in [0.717, 1.165) is 23.4 Å². The van der Waals surface area contributed by atoms with Gasteiger partial charge in [-0.1, -0.05) is 6.07 Å². The van der Waals surface area contributed by atoms with Gasteiger partial charge in [0.1, 0.15) is 17.3 Å². The number of hydrogen-bond acceptors (Lipinski definition) is 7. The van der Waals surface area contributed by atoms with E-state index in [1.807, 2.05) is 6.07 Å². The van der Waals surface area contributed by atoms with Crippen molar-refractivity contribution < 1.29 is 45.8 Å². The number of nitrogens with one attached hydrogen (secondary N) is 1. The van der Waals surface area contributed by atoms with Crippen LogP contribution < -0.4 is 19.5 Å². The Labute approximate surface area is 281 Å². The summed E-state index contributed by atoms with van der Waals surface area (Å²) in [6.45, 7) is 3.71. The molecule has 1 fully saturated rings. The van der Waals surface area contributed by atoms with Crippen LogP contribution in [0.3, 0.4) is 0 Å². The zero-order valence-corrected chi connectivity index (χ0v) is 26.6. The molecule has 2 aliphatic rings. The van der Waals surface area contributed by atoms with Crippen molar-refractivity contribution in [3.05, 3.63) is 107 Å². The molecule has 0 aliphatic carbocycles. The fourth-order valence-corrected chi connectivity index (χ4v) is 5.90. The van der Waals surface area contributed by atoms with Crippen LogP contribution in [0.1, 0.15) is 32.0 Å². The van der Waals surface area contributed by atoms with E-state index >= 15 is 0 Å². The molecular weight excluding hydrogens is 665 g/mol. The number of pyridine rings is 1. The molecule has 1 saturated heterocycles. The normalized spacial score (nSPS) is 15.4. The summed E-state index contributed by atoms with van der Waals surface area (Å²) >= 11 is 0. The van der Waals surface area contributed by atoms with E-state index in [1.165, 1.54) is 30.5 Å². The second kappa shape index (κ2) is 12.6. The molecule has 7 rings (SSSR count). The van der Waals surface area contributed by atoms with Gasteiger partial charge in [0, 0.05) is 62.3 Å². The Morgan fingerprint density at radius 2 is 1.68 bits per heavy atom. The van der Waals surface area contributed by atoms with Crippen molar-refractivity contribution in [2.75, 3.05) is 31.5 Å². The smallest absolute Gasteiger partial charge is 0.439 e. The number of carbonyl (C=O) groups excluding carboxylic acids is 2. The van der Waals surface area contributed by atoms with Gasteiger partial charge in [0.15, 0.2) is 23.1 Å². The largest absolute Gasteiger partial charge is 0.586 e. The molecule has 0 saturated carbocycles. The van der Waals surface area contributed by atoms with Crippen molar-refractivity contribution in [2.45, 2.75) is 19.8 Å². The van der Waals surface area contributed by atoms with Gasteiger partial charge < -0.3 is 29.0 Å². The van der Waals surface area contributed by atoms with Gasteiger partial charge in [0.05, 0.1) is 17.4 Å². The van der Waals surface area contributed by atoms with Gasteiger partial charge in [-0.25, -0.2) is 18.2 Å². The lowest BCUT2D eigenvalue weighted by Crippen LogP contribution is -2.48. The number of alkyl halides is 2. The van der Waals surface area contributed by atoms with Gasteiger partial charge in [-0.3, -0.25) is 14.5 Å². The molecule has 2 amide bonds. The first kappa shape index (κ1) is 32.8. The zero-order chi connectivity index (χ0) is 35.3. The molecule has 0 spiro atoms. The molecule has 0 bridgehead atoms. The van der Waals surface area contributed by atoms with Crippen LogP contribution in [0.25, 0.3) is 10.9 Å². The molecule has 0 unspecified atom stereocenters. The number of fused-ring (bicyclic) bond motifs is 2. The number of aryl methyl sites for hydroxylation is 1. The Hall–Kier alpha value is -5.70. The second-order valence-corrected chi connectivity index (χ2v) is 11.9. The minimum atomic E-state index is -3.67. The minimum absolute atomic E-state index is 0.00227. The molecule has 50 heavy (non-hydrogen) atoms. The number of hydrogen-bond donors (Lipinski definition) is 1. The Balaban J connectivity index is 0.963. The average Bonchev–Trinajstić information content (AvgIpc) is 3.59.